The molecule has 1 aromatic carbocycles. The summed E-state index contributed by atoms with van der Waals surface area (Å²) in [5.74, 6) is -0.0492. The van der Waals surface area contributed by atoms with Crippen molar-refractivity contribution in [2.75, 3.05) is 5.32 Å². The second-order valence-electron chi connectivity index (χ2n) is 6.64. The van der Waals surface area contributed by atoms with Crippen LogP contribution < -0.4 is 10.6 Å². The van der Waals surface area contributed by atoms with Gasteiger partial charge in [0.15, 0.2) is 5.13 Å². The molecule has 0 unspecified atom stereocenters. The number of aromatic nitrogens is 1. The average molecular weight is 343 g/mol. The number of rotatable bonds is 4. The minimum Gasteiger partial charge on any atom is -0.348 e. The third-order valence-electron chi connectivity index (χ3n) is 4.55. The number of anilines is 2. The van der Waals surface area contributed by atoms with E-state index in [1.165, 1.54) is 48.1 Å². The van der Waals surface area contributed by atoms with Crippen LogP contribution in [0, 0.1) is 13.8 Å². The zero-order valence-corrected chi connectivity index (χ0v) is 15.2. The molecular formula is C19H25N3OS. The van der Waals surface area contributed by atoms with Gasteiger partial charge in [-0.05, 0) is 38.3 Å². The second-order valence-corrected chi connectivity index (χ2v) is 7.50. The Labute approximate surface area is 147 Å². The van der Waals surface area contributed by atoms with E-state index in [0.29, 0.717) is 11.7 Å². The summed E-state index contributed by atoms with van der Waals surface area (Å²) >= 11 is 1.47. The summed E-state index contributed by atoms with van der Waals surface area (Å²) < 4.78 is 0. The third-order valence-corrected chi connectivity index (χ3v) is 5.31. The van der Waals surface area contributed by atoms with E-state index in [9.17, 15) is 4.79 Å². The molecule has 128 valence electrons. The maximum Gasteiger partial charge on any atom is 0.271 e. The molecule has 0 radical (unpaired) electrons. The fourth-order valence-corrected chi connectivity index (χ4v) is 3.89. The Kier molecular flexibility index (Phi) is 5.51. The average Bonchev–Trinajstić information content (AvgIpc) is 2.87. The molecule has 1 saturated carbocycles. The molecule has 3 rings (SSSR count). The van der Waals surface area contributed by atoms with Crippen molar-refractivity contribution in [1.82, 2.24) is 10.3 Å². The molecular weight excluding hydrogens is 318 g/mol. The van der Waals surface area contributed by atoms with Crippen molar-refractivity contribution in [1.29, 1.82) is 0 Å². The predicted molar refractivity (Wildman–Crippen MR) is 100 cm³/mol. The zero-order valence-electron chi connectivity index (χ0n) is 14.4. The first-order chi connectivity index (χ1) is 11.6. The highest BCUT2D eigenvalue weighted by Crippen LogP contribution is 2.24. The van der Waals surface area contributed by atoms with Crippen molar-refractivity contribution in [3.63, 3.8) is 0 Å². The van der Waals surface area contributed by atoms with Crippen molar-refractivity contribution in [2.45, 2.75) is 58.4 Å². The number of carbonyl (C=O) groups excluding carboxylic acids is 1. The molecule has 4 nitrogen and oxygen atoms in total. The minimum absolute atomic E-state index is 0.0492. The van der Waals surface area contributed by atoms with E-state index in [1.807, 2.05) is 5.38 Å². The number of carbonyl (C=O) groups is 1. The first-order valence-corrected chi connectivity index (χ1v) is 9.60. The van der Waals surface area contributed by atoms with Crippen molar-refractivity contribution in [3.05, 3.63) is 40.4 Å². The summed E-state index contributed by atoms with van der Waals surface area (Å²) in [6.07, 6.45) is 7.16. The second kappa shape index (κ2) is 7.79. The van der Waals surface area contributed by atoms with Gasteiger partial charge in [-0.3, -0.25) is 4.79 Å². The molecule has 0 atom stereocenters. The molecule has 2 N–H and O–H groups in total. The largest absolute Gasteiger partial charge is 0.348 e. The van der Waals surface area contributed by atoms with Crippen LogP contribution >= 0.6 is 11.3 Å². The Balaban J connectivity index is 1.63. The Morgan fingerprint density at radius 1 is 1.17 bits per heavy atom. The van der Waals surface area contributed by atoms with Crippen LogP contribution in [0.1, 0.15) is 60.1 Å². The topological polar surface area (TPSA) is 54.0 Å². The number of hydrogen-bond acceptors (Lipinski definition) is 4. The van der Waals surface area contributed by atoms with E-state index >= 15 is 0 Å². The molecule has 0 spiro atoms. The first-order valence-electron chi connectivity index (χ1n) is 8.72. The van der Waals surface area contributed by atoms with Crippen LogP contribution in [0.15, 0.2) is 23.6 Å². The zero-order chi connectivity index (χ0) is 16.9. The molecule has 1 aromatic heterocycles. The quantitative estimate of drug-likeness (QED) is 0.772. The van der Waals surface area contributed by atoms with Crippen molar-refractivity contribution in [2.24, 2.45) is 0 Å². The van der Waals surface area contributed by atoms with Gasteiger partial charge in [-0.2, -0.15) is 0 Å². The summed E-state index contributed by atoms with van der Waals surface area (Å²) in [5, 5.41) is 9.05. The number of hydrogen-bond donors (Lipinski definition) is 2. The standard InChI is InChI=1S/C19H25N3OS/c1-13-9-10-16(14(2)11-13)21-19-22-17(12-24-19)18(23)20-15-7-5-3-4-6-8-15/h9-12,15H,3-8H2,1-2H3,(H,20,23)(H,21,22). The Morgan fingerprint density at radius 2 is 1.92 bits per heavy atom. The maximum absolute atomic E-state index is 12.4. The van der Waals surface area contributed by atoms with Gasteiger partial charge in [0.25, 0.3) is 5.91 Å². The lowest BCUT2D eigenvalue weighted by molar-refractivity contribution is 0.0929. The van der Waals surface area contributed by atoms with Crippen molar-refractivity contribution < 1.29 is 4.79 Å². The number of nitrogens with zero attached hydrogens (tertiary/aromatic N) is 1. The van der Waals surface area contributed by atoms with Crippen LogP contribution in [0.3, 0.4) is 0 Å². The van der Waals surface area contributed by atoms with Gasteiger partial charge < -0.3 is 10.6 Å². The summed E-state index contributed by atoms with van der Waals surface area (Å²) in [6, 6.07) is 6.56. The summed E-state index contributed by atoms with van der Waals surface area (Å²) in [6.45, 7) is 4.15. The molecule has 0 aliphatic heterocycles. The van der Waals surface area contributed by atoms with Crippen LogP contribution in [-0.2, 0) is 0 Å². The van der Waals surface area contributed by atoms with Crippen LogP contribution in [0.25, 0.3) is 0 Å². The monoisotopic (exact) mass is 343 g/mol. The van der Waals surface area contributed by atoms with E-state index < -0.39 is 0 Å². The molecule has 1 fully saturated rings. The first kappa shape index (κ1) is 17.0. The molecule has 1 heterocycles. The number of benzene rings is 1. The molecule has 0 bridgehead atoms. The molecule has 5 heteroatoms. The molecule has 1 aliphatic rings. The van der Waals surface area contributed by atoms with Gasteiger partial charge in [-0.15, -0.1) is 11.3 Å². The molecule has 1 aliphatic carbocycles. The van der Waals surface area contributed by atoms with E-state index in [1.54, 1.807) is 0 Å². The van der Waals surface area contributed by atoms with E-state index in [-0.39, 0.29) is 5.91 Å². The lowest BCUT2D eigenvalue weighted by Gasteiger charge is -2.15. The fraction of sp³-hybridized carbons (Fsp3) is 0.474. The van der Waals surface area contributed by atoms with E-state index in [4.69, 9.17) is 0 Å². The molecule has 0 saturated heterocycles. The Hall–Kier alpha value is -1.88. The van der Waals surface area contributed by atoms with Crippen LogP contribution in [0.2, 0.25) is 0 Å². The molecule has 1 amide bonds. The van der Waals surface area contributed by atoms with Crippen molar-refractivity contribution in [3.8, 4) is 0 Å². The highest BCUT2D eigenvalue weighted by atomic mass is 32.1. The summed E-state index contributed by atoms with van der Waals surface area (Å²) in [4.78, 5) is 16.9. The van der Waals surface area contributed by atoms with E-state index in [2.05, 4.69) is 47.7 Å². The lowest BCUT2D eigenvalue weighted by Crippen LogP contribution is -2.34. The third kappa shape index (κ3) is 4.35. The SMILES string of the molecule is Cc1ccc(Nc2nc(C(=O)NC3CCCCCC3)cs2)c(C)c1. The van der Waals surface area contributed by atoms with Crippen LogP contribution in [-0.4, -0.2) is 16.9 Å². The van der Waals surface area contributed by atoms with Gasteiger partial charge in [0.1, 0.15) is 5.69 Å². The highest BCUT2D eigenvalue weighted by Gasteiger charge is 2.17. The number of nitrogens with one attached hydrogen (secondary N) is 2. The van der Waals surface area contributed by atoms with Crippen LogP contribution in [0.5, 0.6) is 0 Å². The van der Waals surface area contributed by atoms with Crippen LogP contribution in [0.4, 0.5) is 10.8 Å². The van der Waals surface area contributed by atoms with Gasteiger partial charge in [-0.25, -0.2) is 4.98 Å². The molecule has 2 aromatic rings. The summed E-state index contributed by atoms with van der Waals surface area (Å²) in [5.41, 5.74) is 3.96. The van der Waals surface area contributed by atoms with Crippen molar-refractivity contribution >= 4 is 28.1 Å². The predicted octanol–water partition coefficient (Wildman–Crippen LogP) is 4.96. The van der Waals surface area contributed by atoms with E-state index in [0.717, 1.165) is 23.7 Å². The Bertz CT molecular complexity index is 702. The van der Waals surface area contributed by atoms with Gasteiger partial charge in [0.2, 0.25) is 0 Å². The van der Waals surface area contributed by atoms with Gasteiger partial charge >= 0.3 is 0 Å². The lowest BCUT2D eigenvalue weighted by atomic mass is 10.1. The minimum atomic E-state index is -0.0492. The maximum atomic E-state index is 12.4. The fourth-order valence-electron chi connectivity index (χ4n) is 3.19. The number of amides is 1. The van der Waals surface area contributed by atoms with Gasteiger partial charge in [0, 0.05) is 17.1 Å². The van der Waals surface area contributed by atoms with Gasteiger partial charge in [-0.1, -0.05) is 43.4 Å². The highest BCUT2D eigenvalue weighted by molar-refractivity contribution is 7.14. The number of aryl methyl sites for hydroxylation is 2. The van der Waals surface area contributed by atoms with Gasteiger partial charge in [0.05, 0.1) is 0 Å². The number of thiazole rings is 1. The Morgan fingerprint density at radius 3 is 2.62 bits per heavy atom. The summed E-state index contributed by atoms with van der Waals surface area (Å²) in [7, 11) is 0. The normalized spacial score (nSPS) is 15.8. The smallest absolute Gasteiger partial charge is 0.271 e. The molecule has 24 heavy (non-hydrogen) atoms.